The van der Waals surface area contributed by atoms with Gasteiger partial charge in [-0.15, -0.1) is 0 Å². The minimum absolute atomic E-state index is 0.0680. The van der Waals surface area contributed by atoms with Gasteiger partial charge in [-0.05, 0) is 31.0 Å². The molecule has 7 nitrogen and oxygen atoms in total. The van der Waals surface area contributed by atoms with Crippen molar-refractivity contribution < 1.29 is 13.9 Å². The SMILES string of the molecule is COCC(NC(=O)NC1CCCCC1n1cccn1)c1ccco1. The molecule has 2 amide bonds. The maximum Gasteiger partial charge on any atom is 0.315 e. The van der Waals surface area contributed by atoms with Crippen molar-refractivity contribution in [1.82, 2.24) is 20.4 Å². The van der Waals surface area contributed by atoms with Crippen LogP contribution in [0.15, 0.2) is 41.3 Å². The summed E-state index contributed by atoms with van der Waals surface area (Å²) in [5, 5.41) is 10.4. The first-order valence-electron chi connectivity index (χ1n) is 8.36. The summed E-state index contributed by atoms with van der Waals surface area (Å²) in [5.41, 5.74) is 0. The molecule has 3 rings (SSSR count). The van der Waals surface area contributed by atoms with Crippen molar-refractivity contribution in [1.29, 1.82) is 0 Å². The molecule has 0 spiro atoms. The molecule has 0 radical (unpaired) electrons. The first kappa shape index (κ1) is 16.6. The van der Waals surface area contributed by atoms with Crippen molar-refractivity contribution in [2.24, 2.45) is 0 Å². The number of furan rings is 1. The second-order valence-electron chi connectivity index (χ2n) is 6.09. The third-order valence-corrected chi connectivity index (χ3v) is 4.44. The van der Waals surface area contributed by atoms with E-state index in [1.165, 1.54) is 0 Å². The molecule has 0 saturated heterocycles. The first-order chi connectivity index (χ1) is 11.8. The molecule has 2 aromatic rings. The summed E-state index contributed by atoms with van der Waals surface area (Å²) in [5.74, 6) is 0.680. The van der Waals surface area contributed by atoms with Gasteiger partial charge in [0.25, 0.3) is 0 Å². The molecule has 0 aliphatic heterocycles. The highest BCUT2D eigenvalue weighted by molar-refractivity contribution is 5.74. The number of urea groups is 1. The number of carbonyl (C=O) groups excluding carboxylic acids is 1. The quantitative estimate of drug-likeness (QED) is 0.852. The fourth-order valence-corrected chi connectivity index (χ4v) is 3.29. The Labute approximate surface area is 141 Å². The molecule has 130 valence electrons. The Hall–Kier alpha value is -2.28. The number of amides is 2. The van der Waals surface area contributed by atoms with Gasteiger partial charge in [0.15, 0.2) is 0 Å². The Morgan fingerprint density at radius 2 is 2.33 bits per heavy atom. The monoisotopic (exact) mass is 332 g/mol. The predicted octanol–water partition coefficient (Wildman–Crippen LogP) is 2.65. The molecule has 1 fully saturated rings. The minimum Gasteiger partial charge on any atom is -0.467 e. The zero-order valence-electron chi connectivity index (χ0n) is 13.9. The molecule has 0 aromatic carbocycles. The lowest BCUT2D eigenvalue weighted by Crippen LogP contribution is -2.48. The van der Waals surface area contributed by atoms with Gasteiger partial charge < -0.3 is 19.8 Å². The second kappa shape index (κ2) is 8.01. The number of hydrogen-bond donors (Lipinski definition) is 2. The zero-order chi connectivity index (χ0) is 16.8. The van der Waals surface area contributed by atoms with E-state index in [2.05, 4.69) is 15.7 Å². The van der Waals surface area contributed by atoms with E-state index >= 15 is 0 Å². The van der Waals surface area contributed by atoms with Crippen LogP contribution in [-0.4, -0.2) is 35.6 Å². The fraction of sp³-hybridized carbons (Fsp3) is 0.529. The van der Waals surface area contributed by atoms with Crippen molar-refractivity contribution >= 4 is 6.03 Å². The highest BCUT2D eigenvalue weighted by Gasteiger charge is 2.29. The number of ether oxygens (including phenoxy) is 1. The number of methoxy groups -OCH3 is 1. The van der Waals surface area contributed by atoms with Crippen molar-refractivity contribution in [3.63, 3.8) is 0 Å². The zero-order valence-corrected chi connectivity index (χ0v) is 13.9. The maximum atomic E-state index is 12.5. The molecule has 1 saturated carbocycles. The standard InChI is InChI=1S/C17H24N4O3/c1-23-12-14(16-8-4-11-24-16)20-17(22)19-13-6-2-3-7-15(13)21-10-5-9-18-21/h4-5,8-11,13-15H,2-3,6-7,12H2,1H3,(H2,19,20,22). The molecular weight excluding hydrogens is 308 g/mol. The van der Waals surface area contributed by atoms with E-state index in [4.69, 9.17) is 9.15 Å². The number of rotatable bonds is 6. The number of hydrogen-bond acceptors (Lipinski definition) is 4. The molecule has 1 aliphatic rings. The minimum atomic E-state index is -0.309. The van der Waals surface area contributed by atoms with Crippen LogP contribution in [0.1, 0.15) is 43.5 Å². The van der Waals surface area contributed by atoms with Crippen LogP contribution in [0.2, 0.25) is 0 Å². The van der Waals surface area contributed by atoms with Gasteiger partial charge in [0.05, 0.1) is 25.0 Å². The van der Waals surface area contributed by atoms with Crippen LogP contribution in [0.5, 0.6) is 0 Å². The normalized spacial score (nSPS) is 22.0. The molecule has 0 bridgehead atoms. The second-order valence-corrected chi connectivity index (χ2v) is 6.09. The fourth-order valence-electron chi connectivity index (χ4n) is 3.29. The summed E-state index contributed by atoms with van der Waals surface area (Å²) in [6.45, 7) is 0.355. The van der Waals surface area contributed by atoms with Crippen molar-refractivity contribution in [2.45, 2.75) is 43.8 Å². The summed E-state index contributed by atoms with van der Waals surface area (Å²) >= 11 is 0. The molecule has 2 heterocycles. The molecule has 2 N–H and O–H groups in total. The number of nitrogens with zero attached hydrogens (tertiary/aromatic N) is 2. The van der Waals surface area contributed by atoms with Crippen LogP contribution in [0.25, 0.3) is 0 Å². The van der Waals surface area contributed by atoms with Crippen molar-refractivity contribution in [2.75, 3.05) is 13.7 Å². The predicted molar refractivity (Wildman–Crippen MR) is 88.5 cm³/mol. The van der Waals surface area contributed by atoms with Gasteiger partial charge in [-0.25, -0.2) is 4.79 Å². The lowest BCUT2D eigenvalue weighted by atomic mass is 9.90. The molecular formula is C17H24N4O3. The molecule has 7 heteroatoms. The van der Waals surface area contributed by atoms with Gasteiger partial charge in [0.2, 0.25) is 0 Å². The van der Waals surface area contributed by atoms with Crippen molar-refractivity contribution in [3.8, 4) is 0 Å². The molecule has 3 unspecified atom stereocenters. The highest BCUT2D eigenvalue weighted by Crippen LogP contribution is 2.28. The summed E-state index contributed by atoms with van der Waals surface area (Å²) in [6, 6.07) is 5.29. The Bertz CT molecular complexity index is 612. The van der Waals surface area contributed by atoms with Crippen LogP contribution in [0.3, 0.4) is 0 Å². The summed E-state index contributed by atoms with van der Waals surface area (Å²) < 4.78 is 12.5. The van der Waals surface area contributed by atoms with E-state index in [1.807, 2.05) is 23.0 Å². The third kappa shape index (κ3) is 3.97. The Balaban J connectivity index is 1.62. The van der Waals surface area contributed by atoms with E-state index in [-0.39, 0.29) is 24.2 Å². The van der Waals surface area contributed by atoms with Gasteiger partial charge in [0.1, 0.15) is 11.8 Å². The average Bonchev–Trinajstić information content (AvgIpc) is 3.29. The molecule has 3 atom stereocenters. The smallest absolute Gasteiger partial charge is 0.315 e. The number of nitrogens with one attached hydrogen (secondary N) is 2. The summed E-state index contributed by atoms with van der Waals surface area (Å²) in [4.78, 5) is 12.5. The third-order valence-electron chi connectivity index (χ3n) is 4.44. The van der Waals surface area contributed by atoms with Crippen LogP contribution in [0.4, 0.5) is 4.79 Å². The van der Waals surface area contributed by atoms with E-state index in [0.717, 1.165) is 25.7 Å². The van der Waals surface area contributed by atoms with Crippen LogP contribution < -0.4 is 10.6 Å². The van der Waals surface area contributed by atoms with E-state index < -0.39 is 0 Å². The lowest BCUT2D eigenvalue weighted by molar-refractivity contribution is 0.154. The van der Waals surface area contributed by atoms with E-state index in [0.29, 0.717) is 12.4 Å². The van der Waals surface area contributed by atoms with Gasteiger partial charge >= 0.3 is 6.03 Å². The number of carbonyl (C=O) groups is 1. The average molecular weight is 332 g/mol. The summed E-state index contributed by atoms with van der Waals surface area (Å²) in [6.07, 6.45) is 9.56. The number of aromatic nitrogens is 2. The van der Waals surface area contributed by atoms with Gasteiger partial charge in [-0.1, -0.05) is 12.8 Å². The Morgan fingerprint density at radius 3 is 3.04 bits per heavy atom. The molecule has 24 heavy (non-hydrogen) atoms. The van der Waals surface area contributed by atoms with E-state index in [9.17, 15) is 4.79 Å². The Morgan fingerprint density at radius 1 is 1.46 bits per heavy atom. The summed E-state index contributed by atoms with van der Waals surface area (Å²) in [7, 11) is 1.60. The first-order valence-corrected chi connectivity index (χ1v) is 8.36. The lowest BCUT2D eigenvalue weighted by Gasteiger charge is -2.32. The van der Waals surface area contributed by atoms with Gasteiger partial charge in [0, 0.05) is 19.5 Å². The van der Waals surface area contributed by atoms with Crippen LogP contribution in [-0.2, 0) is 4.74 Å². The maximum absolute atomic E-state index is 12.5. The van der Waals surface area contributed by atoms with Crippen molar-refractivity contribution in [3.05, 3.63) is 42.6 Å². The van der Waals surface area contributed by atoms with E-state index in [1.54, 1.807) is 25.6 Å². The molecule has 1 aliphatic carbocycles. The molecule has 2 aromatic heterocycles. The van der Waals surface area contributed by atoms with Gasteiger partial charge in [-0.3, -0.25) is 4.68 Å². The largest absolute Gasteiger partial charge is 0.467 e. The topological polar surface area (TPSA) is 81.3 Å². The Kier molecular flexibility index (Phi) is 5.53. The van der Waals surface area contributed by atoms with Crippen LogP contribution >= 0.6 is 0 Å². The van der Waals surface area contributed by atoms with Gasteiger partial charge in [-0.2, -0.15) is 5.10 Å². The van der Waals surface area contributed by atoms with Crippen LogP contribution in [0, 0.1) is 0 Å². The highest BCUT2D eigenvalue weighted by atomic mass is 16.5.